The second-order valence-corrected chi connectivity index (χ2v) is 9.81. The number of aliphatic carboxylic acids is 2. The second-order valence-electron chi connectivity index (χ2n) is 9.81. The molecule has 7 heteroatoms. The number of benzene rings is 3. The van der Waals surface area contributed by atoms with Crippen molar-refractivity contribution in [2.24, 2.45) is 5.92 Å². The maximum absolute atomic E-state index is 9.10. The molecular weight excluding hydrogens is 494 g/mol. The highest BCUT2D eigenvalue weighted by atomic mass is 16.5. The van der Waals surface area contributed by atoms with Gasteiger partial charge in [0.05, 0.1) is 14.2 Å². The minimum absolute atomic E-state index is 0.0205. The fraction of sp³-hybridized carbons (Fsp3) is 0.375. The number of ether oxygens (including phenoxy) is 2. The summed E-state index contributed by atoms with van der Waals surface area (Å²) in [5, 5.41) is 14.8. The molecule has 3 aromatic carbocycles. The van der Waals surface area contributed by atoms with Crippen molar-refractivity contribution in [3.63, 3.8) is 0 Å². The summed E-state index contributed by atoms with van der Waals surface area (Å²) in [4.78, 5) is 20.6. The van der Waals surface area contributed by atoms with Crippen molar-refractivity contribution in [3.05, 3.63) is 95.6 Å². The summed E-state index contributed by atoms with van der Waals surface area (Å²) in [6.07, 6.45) is 3.26. The van der Waals surface area contributed by atoms with Gasteiger partial charge in [-0.15, -0.1) is 0 Å². The molecule has 0 heterocycles. The summed E-state index contributed by atoms with van der Waals surface area (Å²) in [5.74, 6) is -1.57. The van der Waals surface area contributed by atoms with E-state index in [9.17, 15) is 0 Å². The molecule has 3 aromatic rings. The van der Waals surface area contributed by atoms with Crippen LogP contribution in [0.25, 0.3) is 0 Å². The van der Waals surface area contributed by atoms with E-state index in [1.165, 1.54) is 16.7 Å². The van der Waals surface area contributed by atoms with Gasteiger partial charge in [0.15, 0.2) is 11.5 Å². The Labute approximate surface area is 232 Å². The second kappa shape index (κ2) is 15.5. The topological polar surface area (TPSA) is 96.3 Å². The van der Waals surface area contributed by atoms with Crippen LogP contribution in [-0.4, -0.2) is 61.4 Å². The SMILES string of the molecule is COc1ccc(CCN(C)CCCC(c2ccccc2)(c2ccccc2)C(C)C)cc1OC.O=C(O)C(=O)O. The highest BCUT2D eigenvalue weighted by Gasteiger charge is 2.36. The zero-order valence-electron chi connectivity index (χ0n) is 23.6. The number of carbonyl (C=O) groups is 2. The van der Waals surface area contributed by atoms with Crippen LogP contribution in [-0.2, 0) is 21.4 Å². The molecule has 0 aliphatic rings. The van der Waals surface area contributed by atoms with E-state index in [0.29, 0.717) is 5.92 Å². The number of hydrogen-bond acceptors (Lipinski definition) is 5. The first-order valence-corrected chi connectivity index (χ1v) is 13.1. The standard InChI is InChI=1S/C30H39NO2.C2H2O4/c1-24(2)30(26-13-8-6-9-14-26,27-15-10-7-11-16-27)20-12-21-31(3)22-19-25-17-18-28(32-4)29(23-25)33-5;3-1(4)2(5)6/h6-11,13-18,23-24H,12,19-22H2,1-5H3;(H,3,4)(H,5,6). The Balaban J connectivity index is 0.000000798. The lowest BCUT2D eigenvalue weighted by atomic mass is 9.64. The molecule has 0 amide bonds. The van der Waals surface area contributed by atoms with Crippen molar-refractivity contribution in [1.29, 1.82) is 0 Å². The van der Waals surface area contributed by atoms with Crippen molar-refractivity contribution in [1.82, 2.24) is 4.90 Å². The van der Waals surface area contributed by atoms with Gasteiger partial charge in [-0.25, -0.2) is 9.59 Å². The van der Waals surface area contributed by atoms with Gasteiger partial charge in [0, 0.05) is 12.0 Å². The zero-order valence-corrected chi connectivity index (χ0v) is 23.6. The molecule has 3 rings (SSSR count). The molecule has 0 unspecified atom stereocenters. The van der Waals surface area contributed by atoms with E-state index in [1.54, 1.807) is 14.2 Å². The maximum atomic E-state index is 9.10. The van der Waals surface area contributed by atoms with Crippen LogP contribution in [0.1, 0.15) is 43.4 Å². The van der Waals surface area contributed by atoms with E-state index in [2.05, 4.69) is 98.6 Å². The molecule has 0 radical (unpaired) electrons. The zero-order chi connectivity index (χ0) is 28.8. The van der Waals surface area contributed by atoms with Crippen LogP contribution in [0.5, 0.6) is 11.5 Å². The normalized spacial score (nSPS) is 11.1. The maximum Gasteiger partial charge on any atom is 0.414 e. The molecule has 0 aromatic heterocycles. The smallest absolute Gasteiger partial charge is 0.414 e. The van der Waals surface area contributed by atoms with Crippen LogP contribution < -0.4 is 9.47 Å². The van der Waals surface area contributed by atoms with Gasteiger partial charge < -0.3 is 24.6 Å². The van der Waals surface area contributed by atoms with Gasteiger partial charge in [-0.2, -0.15) is 0 Å². The Morgan fingerprint density at radius 1 is 0.795 bits per heavy atom. The Morgan fingerprint density at radius 2 is 1.31 bits per heavy atom. The van der Waals surface area contributed by atoms with Crippen LogP contribution in [0, 0.1) is 5.92 Å². The van der Waals surface area contributed by atoms with Gasteiger partial charge in [-0.05, 0) is 67.6 Å². The van der Waals surface area contributed by atoms with Crippen molar-refractivity contribution in [2.75, 3.05) is 34.4 Å². The first-order chi connectivity index (χ1) is 18.6. The quantitative estimate of drug-likeness (QED) is 0.285. The first kappa shape index (κ1) is 31.4. The third-order valence-electron chi connectivity index (χ3n) is 7.09. The molecule has 0 atom stereocenters. The van der Waals surface area contributed by atoms with E-state index < -0.39 is 11.9 Å². The van der Waals surface area contributed by atoms with E-state index in [-0.39, 0.29) is 5.41 Å². The first-order valence-electron chi connectivity index (χ1n) is 13.1. The van der Waals surface area contributed by atoms with E-state index >= 15 is 0 Å². The average molecular weight is 536 g/mol. The van der Waals surface area contributed by atoms with Crippen molar-refractivity contribution in [2.45, 2.75) is 38.5 Å². The molecule has 39 heavy (non-hydrogen) atoms. The average Bonchev–Trinajstić information content (AvgIpc) is 2.95. The lowest BCUT2D eigenvalue weighted by molar-refractivity contribution is -0.159. The lowest BCUT2D eigenvalue weighted by Gasteiger charge is -2.40. The number of methoxy groups -OCH3 is 2. The number of hydrogen-bond donors (Lipinski definition) is 2. The molecule has 7 nitrogen and oxygen atoms in total. The molecule has 0 spiro atoms. The predicted octanol–water partition coefficient (Wildman–Crippen LogP) is 5.76. The highest BCUT2D eigenvalue weighted by molar-refractivity contribution is 6.27. The fourth-order valence-electron chi connectivity index (χ4n) is 4.98. The van der Waals surface area contributed by atoms with Crippen LogP contribution >= 0.6 is 0 Å². The minimum atomic E-state index is -1.82. The molecule has 0 saturated heterocycles. The summed E-state index contributed by atoms with van der Waals surface area (Å²) in [6, 6.07) is 28.3. The predicted molar refractivity (Wildman–Crippen MR) is 154 cm³/mol. The largest absolute Gasteiger partial charge is 0.493 e. The number of rotatable bonds is 12. The Hall–Kier alpha value is -3.84. The molecular formula is C32H41NO6. The molecule has 0 aliphatic heterocycles. The highest BCUT2D eigenvalue weighted by Crippen LogP contribution is 2.43. The number of carboxylic acid groups (broad SMARTS) is 2. The third kappa shape index (κ3) is 8.86. The van der Waals surface area contributed by atoms with E-state index in [1.807, 2.05) is 6.07 Å². The number of nitrogens with zero attached hydrogens (tertiary/aromatic N) is 1. The molecule has 0 bridgehead atoms. The molecule has 2 N–H and O–H groups in total. The molecule has 0 fully saturated rings. The molecule has 0 aliphatic carbocycles. The van der Waals surface area contributed by atoms with Crippen LogP contribution in [0.4, 0.5) is 0 Å². The Kier molecular flexibility index (Phi) is 12.5. The van der Waals surface area contributed by atoms with Crippen LogP contribution in [0.15, 0.2) is 78.9 Å². The summed E-state index contributed by atoms with van der Waals surface area (Å²) >= 11 is 0. The molecule has 0 saturated carbocycles. The van der Waals surface area contributed by atoms with Crippen LogP contribution in [0.2, 0.25) is 0 Å². The van der Waals surface area contributed by atoms with Crippen LogP contribution in [0.3, 0.4) is 0 Å². The van der Waals surface area contributed by atoms with E-state index in [0.717, 1.165) is 43.9 Å². The van der Waals surface area contributed by atoms with Gasteiger partial charge in [-0.3, -0.25) is 0 Å². The van der Waals surface area contributed by atoms with Gasteiger partial charge in [0.2, 0.25) is 0 Å². The van der Waals surface area contributed by atoms with Gasteiger partial charge >= 0.3 is 11.9 Å². The summed E-state index contributed by atoms with van der Waals surface area (Å²) in [5.41, 5.74) is 4.12. The Bertz CT molecular complexity index is 1110. The summed E-state index contributed by atoms with van der Waals surface area (Å²) < 4.78 is 10.8. The van der Waals surface area contributed by atoms with Crippen molar-refractivity contribution in [3.8, 4) is 11.5 Å². The summed E-state index contributed by atoms with van der Waals surface area (Å²) in [6.45, 7) is 6.81. The summed E-state index contributed by atoms with van der Waals surface area (Å²) in [7, 11) is 5.59. The number of likely N-dealkylation sites (N-methyl/N-ethyl adjacent to an activating group) is 1. The molecule has 210 valence electrons. The Morgan fingerprint density at radius 3 is 1.74 bits per heavy atom. The minimum Gasteiger partial charge on any atom is -0.493 e. The number of carboxylic acids is 2. The van der Waals surface area contributed by atoms with Crippen molar-refractivity contribution >= 4 is 11.9 Å². The fourth-order valence-corrected chi connectivity index (χ4v) is 4.98. The monoisotopic (exact) mass is 535 g/mol. The van der Waals surface area contributed by atoms with Gasteiger partial charge in [0.1, 0.15) is 0 Å². The van der Waals surface area contributed by atoms with Gasteiger partial charge in [0.25, 0.3) is 0 Å². The van der Waals surface area contributed by atoms with Gasteiger partial charge in [-0.1, -0.05) is 80.6 Å². The third-order valence-corrected chi connectivity index (χ3v) is 7.09. The lowest BCUT2D eigenvalue weighted by Crippen LogP contribution is -2.35. The van der Waals surface area contributed by atoms with Crippen molar-refractivity contribution < 1.29 is 29.3 Å². The van der Waals surface area contributed by atoms with E-state index in [4.69, 9.17) is 29.3 Å².